The summed E-state index contributed by atoms with van der Waals surface area (Å²) in [5.41, 5.74) is 0.969. The van der Waals surface area contributed by atoms with Crippen LogP contribution in [0.25, 0.3) is 0 Å². The molecule has 1 fully saturated rings. The molecule has 2 rings (SSSR count). The molecular weight excluding hydrogens is 232 g/mol. The van der Waals surface area contributed by atoms with Gasteiger partial charge >= 0.3 is 0 Å². The first kappa shape index (κ1) is 12.6. The second kappa shape index (κ2) is 6.74. The van der Waals surface area contributed by atoms with Gasteiger partial charge in [-0.25, -0.2) is 0 Å². The molecule has 0 amide bonds. The number of benzene rings is 1. The fraction of sp³-hybridized carbons (Fsp3) is 0.385. The highest BCUT2D eigenvalue weighted by Crippen LogP contribution is 2.06. The van der Waals surface area contributed by atoms with E-state index in [0.29, 0.717) is 13.2 Å². The van der Waals surface area contributed by atoms with Gasteiger partial charge < -0.3 is 14.3 Å². The molecule has 0 atom stereocenters. The Morgan fingerprint density at radius 2 is 2.06 bits per heavy atom. The first-order valence-electron chi connectivity index (χ1n) is 5.79. The molecule has 1 aromatic carbocycles. The van der Waals surface area contributed by atoms with Crippen LogP contribution in [0.5, 0.6) is 0 Å². The lowest BCUT2D eigenvalue weighted by Crippen LogP contribution is -2.28. The Kier molecular flexibility index (Phi) is 4.70. The molecule has 0 saturated carbocycles. The number of ether oxygens (including phenoxy) is 2. The first-order valence-corrected chi connectivity index (χ1v) is 5.79. The van der Waals surface area contributed by atoms with E-state index in [9.17, 15) is 0 Å². The van der Waals surface area contributed by atoms with Gasteiger partial charge in [-0.2, -0.15) is 5.26 Å². The molecule has 0 radical (unpaired) electrons. The predicted octanol–water partition coefficient (Wildman–Crippen LogP) is 1.69. The quantitative estimate of drug-likeness (QED) is 0.599. The van der Waals surface area contributed by atoms with E-state index in [1.54, 1.807) is 12.1 Å². The zero-order valence-electron chi connectivity index (χ0n) is 9.91. The molecule has 1 aliphatic heterocycles. The van der Waals surface area contributed by atoms with Crippen LogP contribution in [0.2, 0.25) is 0 Å². The molecule has 1 aliphatic rings. The Labute approximate surface area is 106 Å². The average molecular weight is 246 g/mol. The second-order valence-corrected chi connectivity index (χ2v) is 3.74. The second-order valence-electron chi connectivity index (χ2n) is 3.74. The van der Waals surface area contributed by atoms with E-state index in [2.05, 4.69) is 5.16 Å². The fourth-order valence-corrected chi connectivity index (χ4v) is 1.53. The monoisotopic (exact) mass is 246 g/mol. The summed E-state index contributed by atoms with van der Waals surface area (Å²) in [6, 6.07) is 11.2. The van der Waals surface area contributed by atoms with Crippen molar-refractivity contribution in [2.45, 2.75) is 12.7 Å². The minimum Gasteiger partial charge on any atom is -0.389 e. The SMILES string of the molecule is N#CC(=NOCC1OCCCO1)c1ccccc1. The van der Waals surface area contributed by atoms with Crippen LogP contribution in [0.3, 0.4) is 0 Å². The van der Waals surface area contributed by atoms with Gasteiger partial charge in [-0.1, -0.05) is 35.5 Å². The normalized spacial score (nSPS) is 17.2. The number of nitriles is 1. The predicted molar refractivity (Wildman–Crippen MR) is 64.9 cm³/mol. The van der Waals surface area contributed by atoms with Crippen molar-refractivity contribution in [3.05, 3.63) is 35.9 Å². The summed E-state index contributed by atoms with van der Waals surface area (Å²) in [7, 11) is 0. The third-order valence-electron chi connectivity index (χ3n) is 2.42. The molecule has 0 spiro atoms. The Morgan fingerprint density at radius 3 is 2.72 bits per heavy atom. The third-order valence-corrected chi connectivity index (χ3v) is 2.42. The summed E-state index contributed by atoms with van der Waals surface area (Å²) in [6.45, 7) is 1.53. The summed E-state index contributed by atoms with van der Waals surface area (Å²) >= 11 is 0. The molecule has 0 bridgehead atoms. The standard InChI is InChI=1S/C13H14N2O3/c14-9-12(11-5-2-1-3-6-11)15-18-10-13-16-7-4-8-17-13/h1-3,5-6,13H,4,7-8,10H2. The van der Waals surface area contributed by atoms with Crippen molar-refractivity contribution in [3.8, 4) is 6.07 Å². The molecule has 1 saturated heterocycles. The van der Waals surface area contributed by atoms with Crippen molar-refractivity contribution in [1.29, 1.82) is 5.26 Å². The molecule has 1 heterocycles. The number of hydrogen-bond acceptors (Lipinski definition) is 5. The molecule has 0 N–H and O–H groups in total. The van der Waals surface area contributed by atoms with Gasteiger partial charge in [-0.3, -0.25) is 0 Å². The summed E-state index contributed by atoms with van der Waals surface area (Å²) in [4.78, 5) is 5.10. The Bertz CT molecular complexity index is 433. The summed E-state index contributed by atoms with van der Waals surface area (Å²) in [5.74, 6) is 0. The lowest BCUT2D eigenvalue weighted by atomic mass is 10.1. The van der Waals surface area contributed by atoms with Gasteiger partial charge in [0.15, 0.2) is 18.6 Å². The highest BCUT2D eigenvalue weighted by atomic mass is 16.7. The zero-order valence-corrected chi connectivity index (χ0v) is 9.91. The maximum atomic E-state index is 8.99. The van der Waals surface area contributed by atoms with Crippen molar-refractivity contribution in [2.75, 3.05) is 19.8 Å². The lowest BCUT2D eigenvalue weighted by molar-refractivity contribution is -0.202. The maximum absolute atomic E-state index is 8.99. The molecule has 0 aromatic heterocycles. The Balaban J connectivity index is 1.89. The van der Waals surface area contributed by atoms with Gasteiger partial charge in [0.05, 0.1) is 13.2 Å². The zero-order chi connectivity index (χ0) is 12.6. The largest absolute Gasteiger partial charge is 0.389 e. The van der Waals surface area contributed by atoms with Crippen LogP contribution in [0, 0.1) is 11.3 Å². The van der Waals surface area contributed by atoms with Crippen molar-refractivity contribution in [3.63, 3.8) is 0 Å². The van der Waals surface area contributed by atoms with E-state index < -0.39 is 6.29 Å². The van der Waals surface area contributed by atoms with Crippen LogP contribution < -0.4 is 0 Å². The van der Waals surface area contributed by atoms with E-state index in [4.69, 9.17) is 19.6 Å². The summed E-state index contributed by atoms with van der Waals surface area (Å²) in [5, 5.41) is 12.8. The van der Waals surface area contributed by atoms with Crippen LogP contribution in [-0.2, 0) is 14.3 Å². The van der Waals surface area contributed by atoms with Crippen molar-refractivity contribution in [2.24, 2.45) is 5.16 Å². The van der Waals surface area contributed by atoms with Crippen LogP contribution in [0.15, 0.2) is 35.5 Å². The van der Waals surface area contributed by atoms with Gasteiger partial charge in [0.2, 0.25) is 0 Å². The van der Waals surface area contributed by atoms with Crippen LogP contribution in [-0.4, -0.2) is 31.8 Å². The molecule has 0 aliphatic carbocycles. The number of rotatable bonds is 4. The van der Waals surface area contributed by atoms with E-state index in [1.807, 2.05) is 24.3 Å². The van der Waals surface area contributed by atoms with Crippen LogP contribution >= 0.6 is 0 Å². The van der Waals surface area contributed by atoms with E-state index in [-0.39, 0.29) is 12.3 Å². The van der Waals surface area contributed by atoms with E-state index >= 15 is 0 Å². The van der Waals surface area contributed by atoms with Gasteiger partial charge in [0, 0.05) is 5.56 Å². The molecular formula is C13H14N2O3. The van der Waals surface area contributed by atoms with Crippen LogP contribution in [0.1, 0.15) is 12.0 Å². The van der Waals surface area contributed by atoms with E-state index in [0.717, 1.165) is 12.0 Å². The van der Waals surface area contributed by atoms with Gasteiger partial charge in [-0.15, -0.1) is 0 Å². The summed E-state index contributed by atoms with van der Waals surface area (Å²) < 4.78 is 10.6. The fourth-order valence-electron chi connectivity index (χ4n) is 1.53. The molecule has 18 heavy (non-hydrogen) atoms. The molecule has 94 valence electrons. The maximum Gasteiger partial charge on any atom is 0.194 e. The van der Waals surface area contributed by atoms with Crippen molar-refractivity contribution < 1.29 is 14.3 Å². The minimum atomic E-state index is -0.391. The average Bonchev–Trinajstić information content (AvgIpc) is 2.46. The highest BCUT2D eigenvalue weighted by Gasteiger charge is 2.14. The molecule has 5 nitrogen and oxygen atoms in total. The van der Waals surface area contributed by atoms with Gasteiger partial charge in [0.1, 0.15) is 6.07 Å². The van der Waals surface area contributed by atoms with Gasteiger partial charge in [0.25, 0.3) is 0 Å². The highest BCUT2D eigenvalue weighted by molar-refractivity contribution is 6.11. The summed E-state index contributed by atoms with van der Waals surface area (Å²) in [6.07, 6.45) is 0.506. The molecule has 0 unspecified atom stereocenters. The Morgan fingerprint density at radius 1 is 1.33 bits per heavy atom. The first-order chi connectivity index (χ1) is 8.90. The van der Waals surface area contributed by atoms with Gasteiger partial charge in [-0.05, 0) is 6.42 Å². The Hall–Kier alpha value is -1.90. The van der Waals surface area contributed by atoms with Crippen molar-refractivity contribution in [1.82, 2.24) is 0 Å². The number of nitrogens with zero attached hydrogens (tertiary/aromatic N) is 2. The topological polar surface area (TPSA) is 63.8 Å². The minimum absolute atomic E-state index is 0.192. The smallest absolute Gasteiger partial charge is 0.194 e. The lowest BCUT2D eigenvalue weighted by Gasteiger charge is -2.21. The van der Waals surface area contributed by atoms with Crippen LogP contribution in [0.4, 0.5) is 0 Å². The number of oxime groups is 1. The van der Waals surface area contributed by atoms with Crippen molar-refractivity contribution >= 4 is 5.71 Å². The third kappa shape index (κ3) is 3.55. The number of hydrogen-bond donors (Lipinski definition) is 0. The molecule has 1 aromatic rings. The van der Waals surface area contributed by atoms with E-state index in [1.165, 1.54) is 0 Å². The molecule has 5 heteroatoms.